The highest BCUT2D eigenvalue weighted by atomic mass is 16.2. The molecule has 0 aromatic heterocycles. The molecule has 0 spiro atoms. The summed E-state index contributed by atoms with van der Waals surface area (Å²) in [5, 5.41) is 2.59. The summed E-state index contributed by atoms with van der Waals surface area (Å²) in [5.41, 5.74) is 0. The van der Waals surface area contributed by atoms with E-state index in [1.807, 2.05) is 0 Å². The molecule has 0 aliphatic rings. The Bertz CT molecular complexity index is 319. The number of amides is 2. The Morgan fingerprint density at radius 2 is 2.56 bits per heavy atom. The molecule has 0 radical (unpaired) electrons. The molecule has 0 fully saturated rings. The topological polar surface area (TPSA) is 58.2 Å². The lowest BCUT2D eigenvalue weighted by Crippen LogP contribution is -2.33. The van der Waals surface area contributed by atoms with Gasteiger partial charge in [-0.25, -0.2) is 0 Å². The van der Waals surface area contributed by atoms with Crippen molar-refractivity contribution in [2.45, 2.75) is 6.85 Å². The Labute approximate surface area is 64.9 Å². The summed E-state index contributed by atoms with van der Waals surface area (Å²) < 4.78 is 54.0. The maximum Gasteiger partial charge on any atom is 0.239 e. The third-order valence-corrected chi connectivity index (χ3v) is 0.403. The van der Waals surface area contributed by atoms with Crippen LogP contribution >= 0.6 is 0 Å². The molecule has 0 aromatic carbocycles. The summed E-state index contributed by atoms with van der Waals surface area (Å²) in [6, 6.07) is 0. The Kier molecular flexibility index (Phi) is 0.739. The van der Waals surface area contributed by atoms with E-state index < -0.39 is 32.1 Å². The lowest BCUT2D eigenvalue weighted by atomic mass is 10.5. The van der Waals surface area contributed by atoms with Crippen LogP contribution in [0.4, 0.5) is 0 Å². The van der Waals surface area contributed by atoms with Gasteiger partial charge >= 0.3 is 0 Å². The first-order chi connectivity index (χ1) is 7.26. The zero-order valence-electron chi connectivity index (χ0n) is 12.3. The predicted molar refractivity (Wildman–Crippen MR) is 32.8 cm³/mol. The minimum Gasteiger partial charge on any atom is -0.358 e. The second kappa shape index (κ2) is 3.88. The van der Waals surface area contributed by atoms with Gasteiger partial charge in [-0.15, -0.1) is 0 Å². The Morgan fingerprint density at radius 1 is 1.78 bits per heavy atom. The number of rotatable bonds is 2. The van der Waals surface area contributed by atoms with Crippen molar-refractivity contribution in [2.24, 2.45) is 0 Å². The van der Waals surface area contributed by atoms with E-state index in [-0.39, 0.29) is 0 Å². The molecule has 2 N–H and O–H groups in total. The van der Waals surface area contributed by atoms with Crippen LogP contribution in [-0.4, -0.2) is 25.3 Å². The van der Waals surface area contributed by atoms with E-state index in [4.69, 9.17) is 11.0 Å². The molecule has 0 rings (SSSR count). The van der Waals surface area contributed by atoms with E-state index in [9.17, 15) is 9.59 Å². The normalized spacial score (nSPS) is 25.8. The second-order valence-electron chi connectivity index (χ2n) is 1.03. The highest BCUT2D eigenvalue weighted by molar-refractivity contribution is 5.83. The maximum atomic E-state index is 11.1. The average molecular weight is 138 g/mol. The monoisotopic (exact) mass is 138 g/mol. The Balaban J connectivity index is 4.70. The number of nitrogens with one attached hydrogen (secondary N) is 2. The summed E-state index contributed by atoms with van der Waals surface area (Å²) in [6.07, 6.45) is 0. The summed E-state index contributed by atoms with van der Waals surface area (Å²) in [4.78, 5) is 22.0. The molecule has 0 aliphatic heterocycles. The van der Waals surface area contributed by atoms with E-state index in [1.165, 1.54) is 10.6 Å². The van der Waals surface area contributed by atoms with Gasteiger partial charge < -0.3 is 10.6 Å². The summed E-state index contributed by atoms with van der Waals surface area (Å²) in [7, 11) is 0. The molecule has 0 heterocycles. The van der Waals surface area contributed by atoms with Crippen LogP contribution in [-0.2, 0) is 9.59 Å². The van der Waals surface area contributed by atoms with E-state index in [2.05, 4.69) is 0 Å². The highest BCUT2D eigenvalue weighted by Gasteiger charge is 1.95. The van der Waals surface area contributed by atoms with Gasteiger partial charge in [0.05, 0.1) is 9.24 Å². The van der Waals surface area contributed by atoms with Gasteiger partial charge in [-0.05, 0) is 0 Å². The van der Waals surface area contributed by atoms with Gasteiger partial charge in [0.2, 0.25) is 11.8 Å². The minimum absolute atomic E-state index is 1.29. The maximum absolute atomic E-state index is 11.1. The van der Waals surface area contributed by atoms with Crippen molar-refractivity contribution in [3.8, 4) is 0 Å². The molecule has 52 valence electrons. The first-order valence-electron chi connectivity index (χ1n) is 5.91. The summed E-state index contributed by atoms with van der Waals surface area (Å²) in [6.45, 7) is -9.19. The summed E-state index contributed by atoms with van der Waals surface area (Å²) >= 11 is 0. The van der Waals surface area contributed by atoms with Gasteiger partial charge in [0.15, 0.2) is 0 Å². The van der Waals surface area contributed by atoms with Crippen molar-refractivity contribution in [3.05, 3.63) is 0 Å². The smallest absolute Gasteiger partial charge is 0.239 e. The molecule has 0 aliphatic carbocycles. The highest BCUT2D eigenvalue weighted by Crippen LogP contribution is 1.61. The predicted octanol–water partition coefficient (Wildman–Crippen LogP) is -1.13. The third kappa shape index (κ3) is 4.80. The first-order valence-corrected chi connectivity index (χ1v) is 1.91. The van der Waals surface area contributed by atoms with E-state index >= 15 is 0 Å². The van der Waals surface area contributed by atoms with Crippen molar-refractivity contribution >= 4 is 11.8 Å². The fourth-order valence-corrected chi connectivity index (χ4v) is 0.145. The van der Waals surface area contributed by atoms with Crippen molar-refractivity contribution < 1.29 is 20.6 Å². The molecule has 0 bridgehead atoms. The number of likely N-dealkylation sites (N-methyl/N-ethyl adjacent to an activating group) is 1. The molecule has 0 saturated carbocycles. The standard InChI is InChI=1S/C5H10N2O2/c1-4(8)7-3-5(9)6-2/h3H2,1-2H3,(H,6,9)(H,7,8)/i1D3,2D3,3D2. The zero-order chi connectivity index (χ0) is 14.1. The Morgan fingerprint density at radius 3 is 3.11 bits per heavy atom. The fraction of sp³-hybridized carbons (Fsp3) is 0.600. The molecule has 9 heavy (non-hydrogen) atoms. The van der Waals surface area contributed by atoms with Crippen LogP contribution < -0.4 is 10.6 Å². The van der Waals surface area contributed by atoms with Crippen LogP contribution in [0.3, 0.4) is 0 Å². The van der Waals surface area contributed by atoms with Crippen molar-refractivity contribution in [3.63, 3.8) is 0 Å². The van der Waals surface area contributed by atoms with Gasteiger partial charge in [-0.2, -0.15) is 0 Å². The number of carbonyl (C=O) groups is 2. The Hall–Kier alpha value is -1.06. The second-order valence-corrected chi connectivity index (χ2v) is 1.03. The van der Waals surface area contributed by atoms with Crippen LogP contribution in [0.2, 0.25) is 0 Å². The van der Waals surface area contributed by atoms with E-state index in [0.717, 1.165) is 0 Å². The van der Waals surface area contributed by atoms with Crippen molar-refractivity contribution in [1.29, 1.82) is 0 Å². The molecule has 0 aromatic rings. The fourth-order valence-electron chi connectivity index (χ4n) is 0.145. The molecule has 4 nitrogen and oxygen atoms in total. The summed E-state index contributed by atoms with van der Waals surface area (Å²) in [5.74, 6) is -3.35. The van der Waals surface area contributed by atoms with Crippen molar-refractivity contribution in [2.75, 3.05) is 13.5 Å². The minimum atomic E-state index is -3.13. The van der Waals surface area contributed by atoms with E-state index in [0.29, 0.717) is 0 Å². The van der Waals surface area contributed by atoms with Gasteiger partial charge in [0.25, 0.3) is 0 Å². The largest absolute Gasteiger partial charge is 0.358 e. The van der Waals surface area contributed by atoms with Gasteiger partial charge in [0.1, 0.15) is 0 Å². The lowest BCUT2D eigenvalue weighted by Gasteiger charge is -1.98. The van der Waals surface area contributed by atoms with Gasteiger partial charge in [0, 0.05) is 22.1 Å². The third-order valence-electron chi connectivity index (χ3n) is 0.403. The van der Waals surface area contributed by atoms with E-state index in [1.54, 1.807) is 0 Å². The molecule has 4 heteroatoms. The van der Waals surface area contributed by atoms with Crippen molar-refractivity contribution in [1.82, 2.24) is 10.6 Å². The van der Waals surface area contributed by atoms with Crippen LogP contribution in [0.1, 0.15) is 17.8 Å². The van der Waals surface area contributed by atoms with Gasteiger partial charge in [-0.1, -0.05) is 0 Å². The number of hydrogen-bond acceptors (Lipinski definition) is 2. The van der Waals surface area contributed by atoms with Crippen LogP contribution in [0.25, 0.3) is 0 Å². The SMILES string of the molecule is [2H]C([2H])([2H])NC(=O)C([2H])([2H])NC(=O)C([2H])([2H])[2H]. The number of carbonyl (C=O) groups excluding carboxylic acids is 2. The van der Waals surface area contributed by atoms with Crippen LogP contribution in [0, 0.1) is 0 Å². The quantitative estimate of drug-likeness (QED) is 0.507. The first kappa shape index (κ1) is 1.71. The molecular weight excluding hydrogens is 120 g/mol. The zero-order valence-corrected chi connectivity index (χ0v) is 4.32. The van der Waals surface area contributed by atoms with Crippen LogP contribution in [0.15, 0.2) is 0 Å². The molecule has 0 atom stereocenters. The molecule has 0 saturated heterocycles. The lowest BCUT2D eigenvalue weighted by molar-refractivity contribution is -0.124. The average Bonchev–Trinajstić information content (AvgIpc) is 1.97. The molecule has 0 unspecified atom stereocenters. The van der Waals surface area contributed by atoms with Gasteiger partial charge in [-0.3, -0.25) is 9.59 Å². The van der Waals surface area contributed by atoms with Crippen LogP contribution in [0.5, 0.6) is 0 Å². The molecular formula is C5H10N2O2. The molecule has 2 amide bonds. The number of hydrogen-bond donors (Lipinski definition) is 2.